The quantitative estimate of drug-likeness (QED) is 0.853. The third kappa shape index (κ3) is 4.09. The third-order valence-electron chi connectivity index (χ3n) is 3.14. The molecule has 20 heavy (non-hydrogen) atoms. The largest absolute Gasteiger partial charge is 0.481 e. The zero-order valence-corrected chi connectivity index (χ0v) is 13.1. The molecule has 1 N–H and O–H groups in total. The fraction of sp³-hybridized carbons (Fsp3) is 0.188. The third-order valence-corrected chi connectivity index (χ3v) is 4.01. The molecule has 0 aliphatic heterocycles. The molecule has 0 bridgehead atoms. The lowest BCUT2D eigenvalue weighted by molar-refractivity contribution is -0.141. The van der Waals surface area contributed by atoms with Gasteiger partial charge in [0.25, 0.3) is 0 Å². The number of carbonyl (C=O) groups is 1. The standard InChI is InChI=1S/C16H14BrClO2/c17-14-6-3-4-11(9-14)8-13(16(19)20)10-12-5-1-2-7-15(12)18/h1-7,9,13H,8,10H2,(H,19,20). The summed E-state index contributed by atoms with van der Waals surface area (Å²) in [5, 5.41) is 10.0. The van der Waals surface area contributed by atoms with Gasteiger partial charge in [0.2, 0.25) is 0 Å². The van der Waals surface area contributed by atoms with E-state index in [4.69, 9.17) is 11.6 Å². The van der Waals surface area contributed by atoms with Gasteiger partial charge in [0.05, 0.1) is 5.92 Å². The minimum Gasteiger partial charge on any atom is -0.481 e. The minimum absolute atomic E-state index is 0.432. The molecule has 1 unspecified atom stereocenters. The molecule has 0 aliphatic carbocycles. The van der Waals surface area contributed by atoms with Crippen molar-refractivity contribution >= 4 is 33.5 Å². The number of carboxylic acids is 1. The van der Waals surface area contributed by atoms with Crippen molar-refractivity contribution in [2.45, 2.75) is 12.8 Å². The number of halogens is 2. The molecule has 2 aromatic rings. The Bertz CT molecular complexity index is 613. The van der Waals surface area contributed by atoms with Gasteiger partial charge in [0, 0.05) is 9.50 Å². The topological polar surface area (TPSA) is 37.3 Å². The van der Waals surface area contributed by atoms with Gasteiger partial charge < -0.3 is 5.11 Å². The summed E-state index contributed by atoms with van der Waals surface area (Å²) in [5.41, 5.74) is 1.87. The van der Waals surface area contributed by atoms with Gasteiger partial charge in [-0.15, -0.1) is 0 Å². The zero-order valence-electron chi connectivity index (χ0n) is 10.7. The molecule has 2 aromatic carbocycles. The van der Waals surface area contributed by atoms with Crippen molar-refractivity contribution in [1.29, 1.82) is 0 Å². The molecule has 104 valence electrons. The highest BCUT2D eigenvalue weighted by molar-refractivity contribution is 9.10. The fourth-order valence-electron chi connectivity index (χ4n) is 2.12. The average Bonchev–Trinajstić information content (AvgIpc) is 2.40. The Kier molecular flexibility index (Phi) is 5.21. The van der Waals surface area contributed by atoms with Crippen molar-refractivity contribution in [3.05, 3.63) is 69.2 Å². The second-order valence-electron chi connectivity index (χ2n) is 4.66. The average molecular weight is 354 g/mol. The van der Waals surface area contributed by atoms with Crippen molar-refractivity contribution < 1.29 is 9.90 Å². The molecule has 0 fully saturated rings. The first-order valence-corrected chi connectivity index (χ1v) is 7.44. The van der Waals surface area contributed by atoms with Crippen LogP contribution in [0.1, 0.15) is 11.1 Å². The SMILES string of the molecule is O=C(O)C(Cc1cccc(Br)c1)Cc1ccccc1Cl. The van der Waals surface area contributed by atoms with Gasteiger partial charge in [-0.1, -0.05) is 57.9 Å². The molecule has 0 saturated heterocycles. The summed E-state index contributed by atoms with van der Waals surface area (Å²) in [5.74, 6) is -1.28. The molecule has 2 nitrogen and oxygen atoms in total. The van der Waals surface area contributed by atoms with Crippen molar-refractivity contribution in [3.8, 4) is 0 Å². The van der Waals surface area contributed by atoms with E-state index in [1.807, 2.05) is 42.5 Å². The maximum atomic E-state index is 11.4. The summed E-state index contributed by atoms with van der Waals surface area (Å²) in [6.07, 6.45) is 0.918. The van der Waals surface area contributed by atoms with Crippen molar-refractivity contribution in [2.24, 2.45) is 5.92 Å². The predicted molar refractivity (Wildman–Crippen MR) is 84.1 cm³/mol. The lowest BCUT2D eigenvalue weighted by atomic mass is 9.92. The molecular weight excluding hydrogens is 340 g/mol. The normalized spacial score (nSPS) is 12.1. The molecule has 0 aromatic heterocycles. The van der Waals surface area contributed by atoms with Crippen molar-refractivity contribution in [2.75, 3.05) is 0 Å². The molecule has 0 radical (unpaired) electrons. The van der Waals surface area contributed by atoms with E-state index in [-0.39, 0.29) is 0 Å². The molecule has 1 atom stereocenters. The second-order valence-corrected chi connectivity index (χ2v) is 5.99. The highest BCUT2D eigenvalue weighted by atomic mass is 79.9. The van der Waals surface area contributed by atoms with Crippen molar-refractivity contribution in [3.63, 3.8) is 0 Å². The summed E-state index contributed by atoms with van der Waals surface area (Å²) in [6.45, 7) is 0. The number of carboxylic acid groups (broad SMARTS) is 1. The van der Waals surface area contributed by atoms with Crippen LogP contribution >= 0.6 is 27.5 Å². The Labute approximate surface area is 131 Å². The Morgan fingerprint density at radius 3 is 2.55 bits per heavy atom. The van der Waals surface area contributed by atoms with Gasteiger partial charge in [-0.25, -0.2) is 0 Å². The Balaban J connectivity index is 2.16. The molecule has 0 aliphatic rings. The van der Waals surface area contributed by atoms with E-state index in [1.54, 1.807) is 6.07 Å². The van der Waals surface area contributed by atoms with E-state index < -0.39 is 11.9 Å². The second kappa shape index (κ2) is 6.91. The van der Waals surface area contributed by atoms with Crippen LogP contribution in [0.2, 0.25) is 5.02 Å². The van der Waals surface area contributed by atoms with Crippen LogP contribution in [0.15, 0.2) is 53.0 Å². The molecule has 0 spiro atoms. The number of hydrogen-bond acceptors (Lipinski definition) is 1. The molecular formula is C16H14BrClO2. The van der Waals surface area contributed by atoms with Gasteiger partial charge in [-0.2, -0.15) is 0 Å². The zero-order chi connectivity index (χ0) is 14.5. The van der Waals surface area contributed by atoms with Crippen LogP contribution in [-0.4, -0.2) is 11.1 Å². The van der Waals surface area contributed by atoms with Crippen LogP contribution in [0.4, 0.5) is 0 Å². The van der Waals surface area contributed by atoms with Crippen LogP contribution in [0.25, 0.3) is 0 Å². The number of benzene rings is 2. The summed E-state index contributed by atoms with van der Waals surface area (Å²) < 4.78 is 0.955. The van der Waals surface area contributed by atoms with E-state index in [0.717, 1.165) is 15.6 Å². The van der Waals surface area contributed by atoms with E-state index in [2.05, 4.69) is 15.9 Å². The first kappa shape index (κ1) is 15.1. The monoisotopic (exact) mass is 352 g/mol. The van der Waals surface area contributed by atoms with E-state index in [9.17, 15) is 9.90 Å². The number of rotatable bonds is 5. The first-order valence-electron chi connectivity index (χ1n) is 6.27. The maximum Gasteiger partial charge on any atom is 0.307 e. The lowest BCUT2D eigenvalue weighted by Gasteiger charge is -2.13. The molecule has 0 amide bonds. The lowest BCUT2D eigenvalue weighted by Crippen LogP contribution is -2.19. The highest BCUT2D eigenvalue weighted by Crippen LogP contribution is 2.22. The smallest absolute Gasteiger partial charge is 0.307 e. The summed E-state index contributed by atoms with van der Waals surface area (Å²) in [4.78, 5) is 11.4. The van der Waals surface area contributed by atoms with Gasteiger partial charge >= 0.3 is 5.97 Å². The van der Waals surface area contributed by atoms with E-state index >= 15 is 0 Å². The molecule has 0 saturated carbocycles. The number of aliphatic carboxylic acids is 1. The van der Waals surface area contributed by atoms with E-state index in [1.165, 1.54) is 0 Å². The number of hydrogen-bond donors (Lipinski definition) is 1. The van der Waals surface area contributed by atoms with Gasteiger partial charge in [-0.05, 0) is 42.2 Å². The van der Waals surface area contributed by atoms with Gasteiger partial charge in [0.15, 0.2) is 0 Å². The van der Waals surface area contributed by atoms with Crippen LogP contribution in [0, 0.1) is 5.92 Å². The first-order chi connectivity index (χ1) is 9.56. The van der Waals surface area contributed by atoms with Crippen LogP contribution in [0.3, 0.4) is 0 Å². The van der Waals surface area contributed by atoms with Crippen LogP contribution in [-0.2, 0) is 17.6 Å². The molecule has 0 heterocycles. The maximum absolute atomic E-state index is 11.4. The van der Waals surface area contributed by atoms with Gasteiger partial charge in [0.1, 0.15) is 0 Å². The fourth-order valence-corrected chi connectivity index (χ4v) is 2.78. The van der Waals surface area contributed by atoms with Crippen molar-refractivity contribution in [1.82, 2.24) is 0 Å². The Hall–Kier alpha value is -1.32. The summed E-state index contributed by atoms with van der Waals surface area (Å²) >= 11 is 9.50. The van der Waals surface area contributed by atoms with Gasteiger partial charge in [-0.3, -0.25) is 4.79 Å². The minimum atomic E-state index is -0.801. The highest BCUT2D eigenvalue weighted by Gasteiger charge is 2.19. The predicted octanol–water partition coefficient (Wildman–Crippen LogP) is 4.59. The summed E-state index contributed by atoms with van der Waals surface area (Å²) in [7, 11) is 0. The van der Waals surface area contributed by atoms with Crippen LogP contribution < -0.4 is 0 Å². The Morgan fingerprint density at radius 2 is 1.90 bits per heavy atom. The summed E-state index contributed by atoms with van der Waals surface area (Å²) in [6, 6.07) is 15.1. The molecule has 2 rings (SSSR count). The molecule has 4 heteroatoms. The Morgan fingerprint density at radius 1 is 1.15 bits per heavy atom. The van der Waals surface area contributed by atoms with Crippen LogP contribution in [0.5, 0.6) is 0 Å². The van der Waals surface area contributed by atoms with E-state index in [0.29, 0.717) is 17.9 Å².